The van der Waals surface area contributed by atoms with Crippen molar-refractivity contribution in [2.24, 2.45) is 0 Å². The van der Waals surface area contributed by atoms with Gasteiger partial charge in [0, 0.05) is 49.0 Å². The van der Waals surface area contributed by atoms with Crippen LogP contribution < -0.4 is 21.4 Å². The van der Waals surface area contributed by atoms with E-state index in [4.69, 9.17) is 5.21 Å². The van der Waals surface area contributed by atoms with Gasteiger partial charge in [-0.15, -0.1) is 0 Å². The second-order valence-electron chi connectivity index (χ2n) is 7.31. The lowest BCUT2D eigenvalue weighted by Crippen LogP contribution is -2.52. The van der Waals surface area contributed by atoms with Crippen molar-refractivity contribution in [3.8, 4) is 11.3 Å². The van der Waals surface area contributed by atoms with Gasteiger partial charge in [0.05, 0.1) is 24.8 Å². The molecule has 178 valence electrons. The number of nitrogens with one attached hydrogen (secondary N) is 4. The number of carbonyl (C=O) groups is 3. The maximum Gasteiger partial charge on any atom is 0.267 e. The number of hydroxylamine groups is 1. The van der Waals surface area contributed by atoms with Crippen LogP contribution in [0.5, 0.6) is 0 Å². The van der Waals surface area contributed by atoms with E-state index in [1.165, 1.54) is 5.48 Å². The first-order valence-electron chi connectivity index (χ1n) is 10.6. The topological polar surface area (TPSA) is 163 Å². The van der Waals surface area contributed by atoms with Crippen molar-refractivity contribution in [2.45, 2.75) is 19.0 Å². The van der Waals surface area contributed by atoms with Crippen molar-refractivity contribution in [2.75, 3.05) is 19.6 Å². The summed E-state index contributed by atoms with van der Waals surface area (Å²) in [5, 5.41) is 17.1. The minimum atomic E-state index is -1.16. The monoisotopic (exact) mass is 466 g/mol. The van der Waals surface area contributed by atoms with Gasteiger partial charge in [-0.2, -0.15) is 0 Å². The van der Waals surface area contributed by atoms with Crippen LogP contribution in [0, 0.1) is 0 Å². The SMILES string of the molecule is O=C(CNCCCn1ccnc1)NC[C@H](NC(=O)c1ccc(-c2cnccn2)cc1)C(=O)NO. The summed E-state index contributed by atoms with van der Waals surface area (Å²) in [5.74, 6) is -1.73. The summed E-state index contributed by atoms with van der Waals surface area (Å²) in [6, 6.07) is 5.42. The number of hydrogen-bond acceptors (Lipinski definition) is 8. The predicted molar refractivity (Wildman–Crippen MR) is 121 cm³/mol. The summed E-state index contributed by atoms with van der Waals surface area (Å²) < 4.78 is 1.94. The fourth-order valence-corrected chi connectivity index (χ4v) is 3.06. The predicted octanol–water partition coefficient (Wildman–Crippen LogP) is -0.260. The van der Waals surface area contributed by atoms with E-state index in [1.54, 1.807) is 55.4 Å². The van der Waals surface area contributed by atoms with E-state index in [0.29, 0.717) is 17.8 Å². The Labute approximate surface area is 195 Å². The van der Waals surface area contributed by atoms with Crippen LogP contribution in [0.4, 0.5) is 0 Å². The molecular weight excluding hydrogens is 440 g/mol. The van der Waals surface area contributed by atoms with Crippen LogP contribution in [-0.2, 0) is 16.1 Å². The second-order valence-corrected chi connectivity index (χ2v) is 7.31. The normalized spacial score (nSPS) is 11.4. The molecule has 3 amide bonds. The number of amides is 3. The minimum Gasteiger partial charge on any atom is -0.352 e. The van der Waals surface area contributed by atoms with Crippen molar-refractivity contribution >= 4 is 17.7 Å². The highest BCUT2D eigenvalue weighted by Gasteiger charge is 2.22. The molecule has 0 fully saturated rings. The third kappa shape index (κ3) is 7.46. The molecule has 0 unspecified atom stereocenters. The van der Waals surface area contributed by atoms with Crippen LogP contribution in [0.15, 0.2) is 61.6 Å². The first-order valence-corrected chi connectivity index (χ1v) is 10.6. The third-order valence-electron chi connectivity index (χ3n) is 4.86. The van der Waals surface area contributed by atoms with Crippen LogP contribution in [-0.4, -0.2) is 68.1 Å². The number of aryl methyl sites for hydroxylation is 1. The molecule has 3 rings (SSSR count). The van der Waals surface area contributed by atoms with E-state index in [9.17, 15) is 14.4 Å². The molecule has 0 bridgehead atoms. The Morgan fingerprint density at radius 3 is 2.56 bits per heavy atom. The molecule has 1 atom stereocenters. The molecule has 2 heterocycles. The zero-order valence-corrected chi connectivity index (χ0v) is 18.3. The van der Waals surface area contributed by atoms with Gasteiger partial charge in [0.2, 0.25) is 5.91 Å². The van der Waals surface area contributed by atoms with Gasteiger partial charge in [-0.1, -0.05) is 12.1 Å². The number of nitrogens with zero attached hydrogens (tertiary/aromatic N) is 4. The number of benzene rings is 1. The van der Waals surface area contributed by atoms with Crippen molar-refractivity contribution in [1.82, 2.24) is 40.9 Å². The van der Waals surface area contributed by atoms with Crippen molar-refractivity contribution < 1.29 is 19.6 Å². The van der Waals surface area contributed by atoms with Crippen LogP contribution in [0.2, 0.25) is 0 Å². The van der Waals surface area contributed by atoms with Crippen LogP contribution >= 0.6 is 0 Å². The Bertz CT molecular complexity index is 1060. The number of hydrogen-bond donors (Lipinski definition) is 5. The van der Waals surface area contributed by atoms with Crippen molar-refractivity contribution in [3.05, 3.63) is 67.1 Å². The smallest absolute Gasteiger partial charge is 0.267 e. The van der Waals surface area contributed by atoms with Gasteiger partial charge in [-0.05, 0) is 25.1 Å². The van der Waals surface area contributed by atoms with Gasteiger partial charge < -0.3 is 20.5 Å². The summed E-state index contributed by atoms with van der Waals surface area (Å²) in [6.07, 6.45) is 10.8. The van der Waals surface area contributed by atoms with Crippen LogP contribution in [0.3, 0.4) is 0 Å². The molecule has 0 saturated heterocycles. The number of aromatic nitrogens is 4. The zero-order valence-electron chi connectivity index (χ0n) is 18.3. The third-order valence-corrected chi connectivity index (χ3v) is 4.86. The van der Waals surface area contributed by atoms with Crippen molar-refractivity contribution in [3.63, 3.8) is 0 Å². The van der Waals surface area contributed by atoms with Gasteiger partial charge in [-0.25, -0.2) is 10.5 Å². The Hall–Kier alpha value is -4.16. The molecule has 0 aliphatic rings. The number of rotatable bonds is 12. The Morgan fingerprint density at radius 1 is 1.06 bits per heavy atom. The molecule has 0 aliphatic heterocycles. The molecular formula is C22H26N8O4. The van der Waals surface area contributed by atoms with Crippen LogP contribution in [0.1, 0.15) is 16.8 Å². The molecule has 34 heavy (non-hydrogen) atoms. The Morgan fingerprint density at radius 2 is 1.88 bits per heavy atom. The van der Waals surface area contributed by atoms with E-state index >= 15 is 0 Å². The van der Waals surface area contributed by atoms with E-state index in [1.807, 2.05) is 10.8 Å². The molecule has 5 N–H and O–H groups in total. The Kier molecular flexibility index (Phi) is 9.19. The molecule has 3 aromatic rings. The highest BCUT2D eigenvalue weighted by molar-refractivity contribution is 5.98. The van der Waals surface area contributed by atoms with Gasteiger partial charge in [0.25, 0.3) is 11.8 Å². The first kappa shape index (κ1) is 24.5. The van der Waals surface area contributed by atoms with E-state index in [0.717, 1.165) is 18.5 Å². The van der Waals surface area contributed by atoms with Crippen molar-refractivity contribution in [1.29, 1.82) is 0 Å². The maximum atomic E-state index is 12.6. The average molecular weight is 467 g/mol. The highest BCUT2D eigenvalue weighted by Crippen LogP contribution is 2.16. The lowest BCUT2D eigenvalue weighted by atomic mass is 10.1. The summed E-state index contributed by atoms with van der Waals surface area (Å²) >= 11 is 0. The fraction of sp³-hybridized carbons (Fsp3) is 0.273. The minimum absolute atomic E-state index is 0.0508. The van der Waals surface area contributed by atoms with Gasteiger partial charge in [0.15, 0.2) is 0 Å². The summed E-state index contributed by atoms with van der Waals surface area (Å²) in [4.78, 5) is 48.8. The molecule has 2 aromatic heterocycles. The van der Waals surface area contributed by atoms with Gasteiger partial charge >= 0.3 is 0 Å². The molecule has 1 aromatic carbocycles. The second kappa shape index (κ2) is 12.8. The van der Waals surface area contributed by atoms with Gasteiger partial charge in [-0.3, -0.25) is 29.6 Å². The molecule has 12 heteroatoms. The van der Waals surface area contributed by atoms with E-state index in [2.05, 4.69) is 30.9 Å². The van der Waals surface area contributed by atoms with Crippen LogP contribution in [0.25, 0.3) is 11.3 Å². The molecule has 12 nitrogen and oxygen atoms in total. The summed E-state index contributed by atoms with van der Waals surface area (Å²) in [5.41, 5.74) is 3.24. The quantitative estimate of drug-likeness (QED) is 0.138. The number of imidazole rings is 1. The molecule has 0 spiro atoms. The summed E-state index contributed by atoms with van der Waals surface area (Å²) in [6.45, 7) is 1.26. The standard InChI is InChI=1S/C22H26N8O4/c31-20(14-23-6-1-10-30-11-9-25-15-30)27-13-19(22(33)29-34)28-21(32)17-4-2-16(3-5-17)18-12-24-7-8-26-18/h2-5,7-9,11-12,15,19,23,34H,1,6,10,13-14H2,(H,27,31)(H,28,32)(H,29,33)/t19-/m0/s1. The van der Waals surface area contributed by atoms with E-state index in [-0.39, 0.29) is 19.0 Å². The average Bonchev–Trinajstić information content (AvgIpc) is 3.40. The largest absolute Gasteiger partial charge is 0.352 e. The Balaban J connectivity index is 1.45. The van der Waals surface area contributed by atoms with E-state index < -0.39 is 17.9 Å². The lowest BCUT2D eigenvalue weighted by Gasteiger charge is -2.17. The fourth-order valence-electron chi connectivity index (χ4n) is 3.06. The molecule has 0 aliphatic carbocycles. The zero-order chi connectivity index (χ0) is 24.2. The summed E-state index contributed by atoms with van der Waals surface area (Å²) in [7, 11) is 0. The first-order chi connectivity index (χ1) is 16.6. The molecule has 0 radical (unpaired) electrons. The molecule has 0 saturated carbocycles. The lowest BCUT2D eigenvalue weighted by molar-refractivity contribution is -0.131. The maximum absolute atomic E-state index is 12.6. The number of carbonyl (C=O) groups excluding carboxylic acids is 3. The van der Waals surface area contributed by atoms with Gasteiger partial charge in [0.1, 0.15) is 6.04 Å². The highest BCUT2D eigenvalue weighted by atomic mass is 16.5.